The number of rotatable bonds is 5. The first-order chi connectivity index (χ1) is 14.3. The number of halogens is 5. The molecular weight excluding hydrogens is 471 g/mol. The zero-order valence-electron chi connectivity index (χ0n) is 15.5. The van der Waals surface area contributed by atoms with Crippen molar-refractivity contribution in [3.8, 4) is 5.75 Å². The Morgan fingerprint density at radius 3 is 1.77 bits per heavy atom. The minimum Gasteiger partial charge on any atom is -0.406 e. The first kappa shape index (κ1) is 23.4. The van der Waals surface area contributed by atoms with E-state index in [9.17, 15) is 38.8 Å². The van der Waals surface area contributed by atoms with Crippen molar-refractivity contribution < 1.29 is 43.5 Å². The van der Waals surface area contributed by atoms with Crippen molar-refractivity contribution in [1.82, 2.24) is 8.61 Å². The normalized spacial score (nSPS) is 16.9. The van der Waals surface area contributed by atoms with Gasteiger partial charge in [0.25, 0.3) is 0 Å². The Hall–Kier alpha value is -2.29. The predicted molar refractivity (Wildman–Crippen MR) is 97.0 cm³/mol. The maximum absolute atomic E-state index is 13.9. The largest absolute Gasteiger partial charge is 0.573 e. The van der Waals surface area contributed by atoms with Gasteiger partial charge in [-0.15, -0.1) is 13.2 Å². The smallest absolute Gasteiger partial charge is 0.406 e. The molecule has 170 valence electrons. The van der Waals surface area contributed by atoms with Crippen LogP contribution in [0.1, 0.15) is 0 Å². The monoisotopic (exact) mass is 486 g/mol. The summed E-state index contributed by atoms with van der Waals surface area (Å²) in [5.41, 5.74) is 0. The third-order valence-corrected chi connectivity index (χ3v) is 8.25. The SMILES string of the molecule is O=S(=O)(c1ccc(OC(F)(F)F)cc1)N1CCN(S(=O)(=O)c2ccc(F)cc2F)CC1. The van der Waals surface area contributed by atoms with Crippen molar-refractivity contribution in [2.45, 2.75) is 16.2 Å². The molecule has 2 aromatic carbocycles. The number of piperazine rings is 1. The van der Waals surface area contributed by atoms with E-state index in [4.69, 9.17) is 0 Å². The van der Waals surface area contributed by atoms with Crippen LogP contribution in [0.3, 0.4) is 0 Å². The third kappa shape index (κ3) is 5.14. The lowest BCUT2D eigenvalue weighted by Gasteiger charge is -2.33. The van der Waals surface area contributed by atoms with Gasteiger partial charge in [-0.05, 0) is 36.4 Å². The van der Waals surface area contributed by atoms with Gasteiger partial charge in [0.15, 0.2) is 0 Å². The molecule has 0 bridgehead atoms. The Morgan fingerprint density at radius 2 is 1.29 bits per heavy atom. The maximum atomic E-state index is 13.9. The average Bonchev–Trinajstić information content (AvgIpc) is 2.67. The molecule has 0 aromatic heterocycles. The van der Waals surface area contributed by atoms with Gasteiger partial charge in [-0.1, -0.05) is 0 Å². The Balaban J connectivity index is 1.72. The van der Waals surface area contributed by atoms with E-state index in [1.807, 2.05) is 0 Å². The molecule has 2 aromatic rings. The molecule has 0 radical (unpaired) electrons. The molecule has 1 fully saturated rings. The highest BCUT2D eigenvalue weighted by Gasteiger charge is 2.35. The van der Waals surface area contributed by atoms with Gasteiger partial charge in [0.05, 0.1) is 4.90 Å². The van der Waals surface area contributed by atoms with Crippen molar-refractivity contribution >= 4 is 20.0 Å². The summed E-state index contributed by atoms with van der Waals surface area (Å²) in [4.78, 5) is -1.03. The molecule has 14 heteroatoms. The van der Waals surface area contributed by atoms with Gasteiger partial charge in [-0.2, -0.15) is 8.61 Å². The number of ether oxygens (including phenoxy) is 1. The number of alkyl halides is 3. The Kier molecular flexibility index (Phi) is 6.28. The van der Waals surface area contributed by atoms with E-state index in [0.29, 0.717) is 6.07 Å². The minimum absolute atomic E-state index is 0.273. The van der Waals surface area contributed by atoms with Crippen molar-refractivity contribution in [3.63, 3.8) is 0 Å². The quantitative estimate of drug-likeness (QED) is 0.607. The molecule has 0 unspecified atom stereocenters. The van der Waals surface area contributed by atoms with Crippen LogP contribution in [0.15, 0.2) is 52.3 Å². The fraction of sp³-hybridized carbons (Fsp3) is 0.294. The van der Waals surface area contributed by atoms with Gasteiger partial charge in [0.1, 0.15) is 22.3 Å². The van der Waals surface area contributed by atoms with Crippen molar-refractivity contribution in [1.29, 1.82) is 0 Å². The number of hydrogen-bond donors (Lipinski definition) is 0. The first-order valence-corrected chi connectivity index (χ1v) is 11.5. The molecular formula is C17H15F5N2O5S2. The van der Waals surface area contributed by atoms with Crippen molar-refractivity contribution in [2.24, 2.45) is 0 Å². The summed E-state index contributed by atoms with van der Waals surface area (Å²) in [6.07, 6.45) is -4.92. The molecule has 1 saturated heterocycles. The molecule has 7 nitrogen and oxygen atoms in total. The van der Waals surface area contributed by atoms with Crippen molar-refractivity contribution in [2.75, 3.05) is 26.2 Å². The van der Waals surface area contributed by atoms with Crippen LogP contribution < -0.4 is 4.74 Å². The zero-order valence-corrected chi connectivity index (χ0v) is 17.1. The fourth-order valence-electron chi connectivity index (χ4n) is 2.94. The summed E-state index contributed by atoms with van der Waals surface area (Å²) in [6, 6.07) is 5.58. The van der Waals surface area contributed by atoms with E-state index in [2.05, 4.69) is 4.74 Å². The predicted octanol–water partition coefficient (Wildman–Crippen LogP) is 2.56. The van der Waals surface area contributed by atoms with Crippen LogP contribution in [0.5, 0.6) is 5.75 Å². The Morgan fingerprint density at radius 1 is 0.774 bits per heavy atom. The van der Waals surface area contributed by atoms with E-state index in [0.717, 1.165) is 45.0 Å². The van der Waals surface area contributed by atoms with Crippen LogP contribution >= 0.6 is 0 Å². The first-order valence-electron chi connectivity index (χ1n) is 8.62. The topological polar surface area (TPSA) is 84.0 Å². The van der Waals surface area contributed by atoms with E-state index in [1.54, 1.807) is 0 Å². The molecule has 0 saturated carbocycles. The lowest BCUT2D eigenvalue weighted by Crippen LogP contribution is -2.50. The highest BCUT2D eigenvalue weighted by atomic mass is 32.2. The summed E-state index contributed by atoms with van der Waals surface area (Å²) in [5, 5.41) is 0. The number of hydrogen-bond acceptors (Lipinski definition) is 5. The van der Waals surface area contributed by atoms with Crippen LogP contribution in [0.4, 0.5) is 22.0 Å². The average molecular weight is 486 g/mol. The van der Waals surface area contributed by atoms with Crippen LogP contribution in [-0.2, 0) is 20.0 Å². The Labute approximate surface area is 174 Å². The second-order valence-electron chi connectivity index (χ2n) is 6.40. The number of benzene rings is 2. The number of nitrogens with zero attached hydrogens (tertiary/aromatic N) is 2. The summed E-state index contributed by atoms with van der Waals surface area (Å²) < 4.78 is 120. The van der Waals surface area contributed by atoms with Crippen LogP contribution in [0, 0.1) is 11.6 Å². The van der Waals surface area contributed by atoms with Gasteiger partial charge in [0, 0.05) is 32.2 Å². The van der Waals surface area contributed by atoms with E-state index >= 15 is 0 Å². The van der Waals surface area contributed by atoms with Gasteiger partial charge in [-0.3, -0.25) is 0 Å². The van der Waals surface area contributed by atoms with Crippen LogP contribution in [0.25, 0.3) is 0 Å². The zero-order chi connectivity index (χ0) is 23.0. The van der Waals surface area contributed by atoms with Gasteiger partial charge in [0.2, 0.25) is 20.0 Å². The molecule has 0 aliphatic carbocycles. The molecule has 0 spiro atoms. The van der Waals surface area contributed by atoms with E-state index < -0.39 is 48.7 Å². The second-order valence-corrected chi connectivity index (χ2v) is 10.2. The van der Waals surface area contributed by atoms with Crippen LogP contribution in [0.2, 0.25) is 0 Å². The Bertz CT molecular complexity index is 1160. The minimum atomic E-state index is -4.92. The van der Waals surface area contributed by atoms with Crippen LogP contribution in [-0.4, -0.2) is 58.0 Å². The second kappa shape index (κ2) is 8.33. The van der Waals surface area contributed by atoms with E-state index in [-0.39, 0.29) is 31.1 Å². The summed E-state index contributed by atoms with van der Waals surface area (Å²) in [6.45, 7) is -1.14. The molecule has 0 N–H and O–H groups in total. The standard InChI is InChI=1S/C17H15F5N2O5S2/c18-12-1-6-16(15(19)11-12)31(27,28)24-9-7-23(8-10-24)30(25,26)14-4-2-13(3-5-14)29-17(20,21)22/h1-6,11H,7-10H2. The van der Waals surface area contributed by atoms with Gasteiger partial charge >= 0.3 is 6.36 Å². The van der Waals surface area contributed by atoms with Gasteiger partial charge in [-0.25, -0.2) is 25.6 Å². The highest BCUT2D eigenvalue weighted by Crippen LogP contribution is 2.27. The third-order valence-electron chi connectivity index (χ3n) is 4.40. The lowest BCUT2D eigenvalue weighted by atomic mass is 10.3. The molecule has 1 aliphatic heterocycles. The molecule has 31 heavy (non-hydrogen) atoms. The highest BCUT2D eigenvalue weighted by molar-refractivity contribution is 7.89. The summed E-state index contributed by atoms with van der Waals surface area (Å²) in [7, 11) is -8.44. The molecule has 1 heterocycles. The summed E-state index contributed by atoms with van der Waals surface area (Å²) >= 11 is 0. The molecule has 1 aliphatic rings. The van der Waals surface area contributed by atoms with Gasteiger partial charge < -0.3 is 4.74 Å². The molecule has 0 atom stereocenters. The molecule has 0 amide bonds. The maximum Gasteiger partial charge on any atom is 0.573 e. The van der Waals surface area contributed by atoms with E-state index in [1.165, 1.54) is 0 Å². The number of sulfonamides is 2. The lowest BCUT2D eigenvalue weighted by molar-refractivity contribution is -0.274. The molecule has 3 rings (SSSR count). The fourth-order valence-corrected chi connectivity index (χ4v) is 5.83. The van der Waals surface area contributed by atoms with Crippen molar-refractivity contribution in [3.05, 3.63) is 54.1 Å². The summed E-state index contributed by atoms with van der Waals surface area (Å²) in [5.74, 6) is -2.81.